The standard InChI is InChI=1S/C63H105O4P/c1-55(2,3)34-43-28-31-52(49(40-61(19,20)21)46(43)37-58(10,11)12)65-68(64,66-53-32-29-44(35-56(4,5)6)47(38-59(13,14)15)50(53)41-62(22,23)24)67-54-33-30-45(36-57(7,8)9)48(39-60(16,17)18)51(54)42-63(25,26)27/h28-33H,34-42H2,1-27H3. The van der Waals surface area contributed by atoms with Crippen molar-refractivity contribution in [3.63, 3.8) is 0 Å². The van der Waals surface area contributed by atoms with Gasteiger partial charge in [-0.15, -0.1) is 0 Å². The lowest BCUT2D eigenvalue weighted by atomic mass is 9.76. The Morgan fingerprint density at radius 3 is 0.588 bits per heavy atom. The molecule has 0 saturated heterocycles. The van der Waals surface area contributed by atoms with E-state index in [1.807, 2.05) is 0 Å². The van der Waals surface area contributed by atoms with E-state index in [-0.39, 0.29) is 48.7 Å². The SMILES string of the molecule is CC(C)(C)Cc1ccc(OP(=O)(Oc2ccc(CC(C)(C)C)c(CC(C)(C)C)c2CC(C)(C)C)Oc2ccc(CC(C)(C)C)c(CC(C)(C)C)c2CC(C)(C)C)c(CC(C)(C)C)c1CC(C)(C)C. The lowest BCUT2D eigenvalue weighted by Gasteiger charge is -2.33. The highest BCUT2D eigenvalue weighted by Gasteiger charge is 2.40. The monoisotopic (exact) mass is 957 g/mol. The summed E-state index contributed by atoms with van der Waals surface area (Å²) < 4.78 is 38.4. The molecule has 0 spiro atoms. The third-order valence-corrected chi connectivity index (χ3v) is 12.8. The van der Waals surface area contributed by atoms with Crippen molar-refractivity contribution in [2.24, 2.45) is 48.7 Å². The molecule has 3 aromatic carbocycles. The average Bonchev–Trinajstić information content (AvgIpc) is 3.04. The van der Waals surface area contributed by atoms with E-state index in [1.54, 1.807) is 0 Å². The summed E-state index contributed by atoms with van der Waals surface area (Å²) in [6.07, 6.45) is 7.55. The number of benzene rings is 3. The Bertz CT molecular complexity index is 1960. The van der Waals surface area contributed by atoms with Crippen LogP contribution in [0.1, 0.15) is 237 Å². The lowest BCUT2D eigenvalue weighted by molar-refractivity contribution is 0.287. The van der Waals surface area contributed by atoms with Gasteiger partial charge in [0.05, 0.1) is 0 Å². The predicted octanol–water partition coefficient (Wildman–Crippen LogP) is 19.6. The maximum Gasteiger partial charge on any atom is 0.647 e. The molecule has 0 unspecified atom stereocenters. The Hall–Kier alpha value is -2.71. The van der Waals surface area contributed by atoms with Crippen molar-refractivity contribution in [2.75, 3.05) is 0 Å². The second-order valence-corrected chi connectivity index (χ2v) is 33.3. The van der Waals surface area contributed by atoms with Crippen LogP contribution in [0.25, 0.3) is 0 Å². The van der Waals surface area contributed by atoms with E-state index in [0.717, 1.165) is 74.5 Å². The largest absolute Gasteiger partial charge is 0.647 e. The van der Waals surface area contributed by atoms with Crippen molar-refractivity contribution in [3.8, 4) is 17.2 Å². The van der Waals surface area contributed by atoms with E-state index in [1.165, 1.54) is 33.4 Å². The number of hydrogen-bond acceptors (Lipinski definition) is 4. The number of phosphoric ester groups is 1. The maximum absolute atomic E-state index is 16.7. The predicted molar refractivity (Wildman–Crippen MR) is 297 cm³/mol. The van der Waals surface area contributed by atoms with Crippen molar-refractivity contribution in [1.29, 1.82) is 0 Å². The molecule has 3 rings (SSSR count). The first-order chi connectivity index (χ1) is 30.1. The van der Waals surface area contributed by atoms with Crippen LogP contribution >= 0.6 is 7.82 Å². The molecule has 0 N–H and O–H groups in total. The first-order valence-corrected chi connectivity index (χ1v) is 27.6. The number of rotatable bonds is 15. The molecule has 3 aromatic rings. The fourth-order valence-corrected chi connectivity index (χ4v) is 10.8. The van der Waals surface area contributed by atoms with Crippen molar-refractivity contribution >= 4 is 7.82 Å². The minimum atomic E-state index is -4.54. The molecule has 0 radical (unpaired) electrons. The maximum atomic E-state index is 16.7. The molecule has 0 aromatic heterocycles. The second kappa shape index (κ2) is 20.8. The molecular weight excluding hydrogens is 852 g/mol. The van der Waals surface area contributed by atoms with Gasteiger partial charge in [-0.3, -0.25) is 0 Å². The van der Waals surface area contributed by atoms with Crippen molar-refractivity contribution in [1.82, 2.24) is 0 Å². The topological polar surface area (TPSA) is 44.8 Å². The molecule has 68 heavy (non-hydrogen) atoms. The van der Waals surface area contributed by atoms with Gasteiger partial charge in [0.1, 0.15) is 17.2 Å². The molecular formula is C63H105O4P. The molecule has 4 nitrogen and oxygen atoms in total. The Morgan fingerprint density at radius 1 is 0.265 bits per heavy atom. The Labute approximate surface area is 421 Å². The molecule has 0 aliphatic carbocycles. The number of phosphoric acid groups is 1. The minimum Gasteiger partial charge on any atom is -0.386 e. The summed E-state index contributed by atoms with van der Waals surface area (Å²) in [5.41, 5.74) is 11.0. The van der Waals surface area contributed by atoms with Gasteiger partial charge < -0.3 is 13.6 Å². The van der Waals surface area contributed by atoms with Crippen LogP contribution in [0, 0.1) is 48.7 Å². The molecule has 0 heterocycles. The summed E-state index contributed by atoms with van der Waals surface area (Å²) in [7, 11) is -4.54. The molecule has 5 heteroatoms. The normalized spacial score (nSPS) is 14.1. The lowest BCUT2D eigenvalue weighted by Crippen LogP contribution is -2.22. The van der Waals surface area contributed by atoms with E-state index in [4.69, 9.17) is 13.6 Å². The van der Waals surface area contributed by atoms with E-state index in [0.29, 0.717) is 17.2 Å². The third kappa shape index (κ3) is 20.9. The zero-order valence-corrected chi connectivity index (χ0v) is 50.3. The Balaban J connectivity index is 2.64. The summed E-state index contributed by atoms with van der Waals surface area (Å²) in [5.74, 6) is 1.73. The summed E-state index contributed by atoms with van der Waals surface area (Å²) in [5, 5.41) is 0. The highest BCUT2D eigenvalue weighted by molar-refractivity contribution is 7.49. The first-order valence-electron chi connectivity index (χ1n) is 26.2. The Kier molecular flexibility index (Phi) is 18.2. The minimum absolute atomic E-state index is 0.00514. The van der Waals surface area contributed by atoms with Crippen molar-refractivity contribution in [2.45, 2.75) is 245 Å². The first kappa shape index (κ1) is 59.6. The second-order valence-electron chi connectivity index (χ2n) is 31.9. The van der Waals surface area contributed by atoms with Gasteiger partial charge >= 0.3 is 7.82 Å². The van der Waals surface area contributed by atoms with Crippen LogP contribution in [0.2, 0.25) is 0 Å². The summed E-state index contributed by atoms with van der Waals surface area (Å²) >= 11 is 0. The van der Waals surface area contributed by atoms with E-state index >= 15 is 4.57 Å². The molecule has 0 amide bonds. The average molecular weight is 958 g/mol. The quantitative estimate of drug-likeness (QED) is 0.142. The molecule has 0 atom stereocenters. The zero-order chi connectivity index (χ0) is 52.7. The van der Waals surface area contributed by atoms with Crippen LogP contribution in [0.5, 0.6) is 17.2 Å². The van der Waals surface area contributed by atoms with E-state index in [2.05, 4.69) is 223 Å². The summed E-state index contributed by atoms with van der Waals surface area (Å²) in [6, 6.07) is 12.9. The van der Waals surface area contributed by atoms with Crippen molar-refractivity contribution in [3.05, 3.63) is 86.5 Å². The van der Waals surface area contributed by atoms with Crippen LogP contribution in [0.15, 0.2) is 36.4 Å². The van der Waals surface area contributed by atoms with E-state index < -0.39 is 7.82 Å². The van der Waals surface area contributed by atoms with Gasteiger partial charge in [0.2, 0.25) is 0 Å². The van der Waals surface area contributed by atoms with Crippen molar-refractivity contribution < 1.29 is 18.1 Å². The van der Waals surface area contributed by atoms with Gasteiger partial charge in [-0.2, -0.15) is 4.57 Å². The highest BCUT2D eigenvalue weighted by Crippen LogP contribution is 2.55. The zero-order valence-electron chi connectivity index (χ0n) is 49.4. The number of hydrogen-bond donors (Lipinski definition) is 0. The summed E-state index contributed by atoms with van der Waals surface area (Å²) in [4.78, 5) is 0. The van der Waals surface area contributed by atoms with Crippen LogP contribution in [0.4, 0.5) is 0 Å². The van der Waals surface area contributed by atoms with Gasteiger partial charge in [-0.1, -0.05) is 205 Å². The van der Waals surface area contributed by atoms with Crippen LogP contribution < -0.4 is 13.6 Å². The fourth-order valence-electron chi connectivity index (χ4n) is 9.47. The highest BCUT2D eigenvalue weighted by atomic mass is 31.2. The Morgan fingerprint density at radius 2 is 0.426 bits per heavy atom. The molecule has 0 fully saturated rings. The third-order valence-electron chi connectivity index (χ3n) is 11.5. The molecule has 386 valence electrons. The van der Waals surface area contributed by atoms with Gasteiger partial charge in [0.15, 0.2) is 0 Å². The van der Waals surface area contributed by atoms with Crippen LogP contribution in [0.3, 0.4) is 0 Å². The van der Waals surface area contributed by atoms with Gasteiger partial charge in [0.25, 0.3) is 0 Å². The summed E-state index contributed by atoms with van der Waals surface area (Å²) in [6.45, 7) is 62.1. The van der Waals surface area contributed by atoms with Crippen LogP contribution in [-0.2, 0) is 62.4 Å². The molecule has 0 saturated carbocycles. The molecule has 0 bridgehead atoms. The smallest absolute Gasteiger partial charge is 0.386 e. The van der Waals surface area contributed by atoms with Gasteiger partial charge in [0, 0.05) is 0 Å². The van der Waals surface area contributed by atoms with Gasteiger partial charge in [-0.05, 0) is 175 Å². The molecule has 0 aliphatic heterocycles. The van der Waals surface area contributed by atoms with Gasteiger partial charge in [-0.25, -0.2) is 0 Å². The van der Waals surface area contributed by atoms with E-state index in [9.17, 15) is 0 Å². The molecule has 0 aliphatic rings. The fraction of sp³-hybridized carbons (Fsp3) is 0.714. The van der Waals surface area contributed by atoms with Crippen LogP contribution in [-0.4, -0.2) is 0 Å².